The number of amides is 2. The molecule has 3 heterocycles. The Balaban J connectivity index is 1.74. The molecular weight excluding hydrogens is 420 g/mol. The monoisotopic (exact) mass is 446 g/mol. The molecule has 166 valence electrons. The lowest BCUT2D eigenvalue weighted by Crippen LogP contribution is -2.55. The van der Waals surface area contributed by atoms with Crippen molar-refractivity contribution in [2.75, 3.05) is 18.1 Å². The third kappa shape index (κ3) is 3.44. The number of para-hydroxylation sites is 1. The number of fused-ring (bicyclic) bond motifs is 1. The van der Waals surface area contributed by atoms with E-state index in [1.54, 1.807) is 43.3 Å². The fourth-order valence-electron chi connectivity index (χ4n) is 4.97. The van der Waals surface area contributed by atoms with Gasteiger partial charge in [0.2, 0.25) is 11.8 Å². The van der Waals surface area contributed by atoms with Crippen LogP contribution in [0.25, 0.3) is 0 Å². The molecule has 1 aromatic carbocycles. The fourth-order valence-corrected chi connectivity index (χ4v) is 5.20. The predicted molar refractivity (Wildman–Crippen MR) is 116 cm³/mol. The number of nitrogens with one attached hydrogen (secondary N) is 1. The van der Waals surface area contributed by atoms with Crippen molar-refractivity contribution in [1.82, 2.24) is 5.32 Å². The van der Waals surface area contributed by atoms with Gasteiger partial charge < -0.3 is 14.8 Å². The quantitative estimate of drug-likeness (QED) is 0.377. The summed E-state index contributed by atoms with van der Waals surface area (Å²) < 4.78 is 11.4. The molecule has 4 rings (SSSR count). The van der Waals surface area contributed by atoms with Crippen molar-refractivity contribution < 1.29 is 23.9 Å². The smallest absolute Gasteiger partial charge is 0.312 e. The van der Waals surface area contributed by atoms with Gasteiger partial charge in [-0.15, -0.1) is 0 Å². The zero-order valence-corrected chi connectivity index (χ0v) is 18.4. The predicted octanol–water partition coefficient (Wildman–Crippen LogP) is 2.86. The number of benzene rings is 1. The lowest BCUT2D eigenvalue weighted by atomic mass is 9.74. The molecule has 8 heteroatoms. The standard InChI is InChI=1S/C23H27ClN2O5/c1-3-5-8-13-25-20(27)19-23-12-11-16(31-23)17(22(29)30-4-2)18(23)21(28)26(19)15-10-7-6-9-14(15)24/h6-7,9-12,16-19H,3-5,8,13H2,1-2H3,(H,25,27)/t16-,17+,18+,19-,23+/m0/s1. The number of rotatable bonds is 8. The Morgan fingerprint density at radius 3 is 2.74 bits per heavy atom. The minimum Gasteiger partial charge on any atom is -0.466 e. The Hall–Kier alpha value is -2.38. The van der Waals surface area contributed by atoms with Crippen molar-refractivity contribution in [3.8, 4) is 0 Å². The topological polar surface area (TPSA) is 84.9 Å². The van der Waals surface area contributed by atoms with Crippen LogP contribution in [0.4, 0.5) is 5.69 Å². The zero-order valence-electron chi connectivity index (χ0n) is 17.7. The van der Waals surface area contributed by atoms with Gasteiger partial charge in [-0.05, 0) is 25.5 Å². The number of unbranched alkanes of at least 4 members (excludes halogenated alkanes) is 2. The van der Waals surface area contributed by atoms with Crippen molar-refractivity contribution in [2.45, 2.75) is 50.9 Å². The number of anilines is 1. The molecule has 3 aliphatic heterocycles. The molecule has 0 aliphatic carbocycles. The van der Waals surface area contributed by atoms with E-state index in [4.69, 9.17) is 21.1 Å². The molecule has 2 amide bonds. The fraction of sp³-hybridized carbons (Fsp3) is 0.522. The van der Waals surface area contributed by atoms with Gasteiger partial charge in [0.1, 0.15) is 17.6 Å². The molecule has 2 fully saturated rings. The highest BCUT2D eigenvalue weighted by molar-refractivity contribution is 6.34. The normalized spacial score (nSPS) is 30.5. The summed E-state index contributed by atoms with van der Waals surface area (Å²) in [5, 5.41) is 3.30. The van der Waals surface area contributed by atoms with E-state index >= 15 is 0 Å². The first kappa shape index (κ1) is 21.8. The summed E-state index contributed by atoms with van der Waals surface area (Å²) in [7, 11) is 0. The number of carbonyl (C=O) groups excluding carboxylic acids is 3. The third-order valence-electron chi connectivity index (χ3n) is 6.27. The second kappa shape index (κ2) is 8.63. The van der Waals surface area contributed by atoms with E-state index < -0.39 is 35.6 Å². The minimum absolute atomic E-state index is 0.204. The van der Waals surface area contributed by atoms with E-state index in [2.05, 4.69) is 12.2 Å². The van der Waals surface area contributed by atoms with Gasteiger partial charge >= 0.3 is 5.97 Å². The molecule has 2 bridgehead atoms. The number of nitrogens with zero attached hydrogens (tertiary/aromatic N) is 1. The molecule has 0 unspecified atom stereocenters. The average Bonchev–Trinajstić information content (AvgIpc) is 3.39. The van der Waals surface area contributed by atoms with Gasteiger partial charge in [-0.2, -0.15) is 0 Å². The van der Waals surface area contributed by atoms with Crippen LogP contribution in [0, 0.1) is 11.8 Å². The van der Waals surface area contributed by atoms with Crippen molar-refractivity contribution in [2.24, 2.45) is 11.8 Å². The minimum atomic E-state index is -1.23. The van der Waals surface area contributed by atoms with Gasteiger partial charge in [0.15, 0.2) is 0 Å². The SMILES string of the molecule is CCCCCNC(=O)[C@@H]1N(c2ccccc2Cl)C(=O)[C@H]2[C@H](C(=O)OCC)[C@@H]3C=C[C@]12O3. The highest BCUT2D eigenvalue weighted by Crippen LogP contribution is 2.56. The van der Waals surface area contributed by atoms with E-state index in [1.165, 1.54) is 4.90 Å². The van der Waals surface area contributed by atoms with Gasteiger partial charge in [-0.1, -0.05) is 55.7 Å². The summed E-state index contributed by atoms with van der Waals surface area (Å²) >= 11 is 6.41. The van der Waals surface area contributed by atoms with E-state index in [0.717, 1.165) is 19.3 Å². The van der Waals surface area contributed by atoms with Crippen LogP contribution in [0.2, 0.25) is 5.02 Å². The molecule has 31 heavy (non-hydrogen) atoms. The summed E-state index contributed by atoms with van der Waals surface area (Å²) in [5.41, 5.74) is -0.803. The first-order valence-electron chi connectivity index (χ1n) is 10.8. The van der Waals surface area contributed by atoms with Crippen LogP contribution < -0.4 is 10.2 Å². The third-order valence-corrected chi connectivity index (χ3v) is 6.59. The largest absolute Gasteiger partial charge is 0.466 e. The van der Waals surface area contributed by atoms with Crippen molar-refractivity contribution in [3.05, 3.63) is 41.4 Å². The van der Waals surface area contributed by atoms with Gasteiger partial charge in [0, 0.05) is 6.54 Å². The maximum Gasteiger partial charge on any atom is 0.312 e. The van der Waals surface area contributed by atoms with E-state index in [0.29, 0.717) is 17.3 Å². The molecule has 1 N–H and O–H groups in total. The van der Waals surface area contributed by atoms with E-state index in [-0.39, 0.29) is 18.4 Å². The average molecular weight is 447 g/mol. The second-order valence-electron chi connectivity index (χ2n) is 8.11. The van der Waals surface area contributed by atoms with Crippen LogP contribution >= 0.6 is 11.6 Å². The van der Waals surface area contributed by atoms with Crippen LogP contribution in [0.1, 0.15) is 33.1 Å². The molecule has 1 spiro atoms. The number of ether oxygens (including phenoxy) is 2. The maximum atomic E-state index is 13.7. The lowest BCUT2D eigenvalue weighted by molar-refractivity contribution is -0.151. The number of hydrogen-bond donors (Lipinski definition) is 1. The van der Waals surface area contributed by atoms with Crippen molar-refractivity contribution in [1.29, 1.82) is 0 Å². The van der Waals surface area contributed by atoms with Crippen LogP contribution in [0.5, 0.6) is 0 Å². The van der Waals surface area contributed by atoms with E-state index in [9.17, 15) is 14.4 Å². The number of halogens is 1. The first-order chi connectivity index (χ1) is 15.0. The van der Waals surface area contributed by atoms with Gasteiger partial charge in [0.05, 0.1) is 29.3 Å². The number of esters is 1. The lowest BCUT2D eigenvalue weighted by Gasteiger charge is -2.32. The molecule has 0 radical (unpaired) electrons. The highest BCUT2D eigenvalue weighted by atomic mass is 35.5. The van der Waals surface area contributed by atoms with Gasteiger partial charge in [-0.3, -0.25) is 19.3 Å². The molecule has 0 saturated carbocycles. The maximum absolute atomic E-state index is 13.7. The first-order valence-corrected chi connectivity index (χ1v) is 11.2. The molecule has 0 aromatic heterocycles. The number of carbonyl (C=O) groups is 3. The summed E-state index contributed by atoms with van der Waals surface area (Å²) in [4.78, 5) is 41.2. The number of hydrogen-bond acceptors (Lipinski definition) is 5. The van der Waals surface area contributed by atoms with Gasteiger partial charge in [-0.25, -0.2) is 0 Å². The van der Waals surface area contributed by atoms with Crippen molar-refractivity contribution >= 4 is 35.1 Å². The van der Waals surface area contributed by atoms with Gasteiger partial charge in [0.25, 0.3) is 0 Å². The summed E-state index contributed by atoms with van der Waals surface area (Å²) in [5.74, 6) is -2.79. The Morgan fingerprint density at radius 2 is 2.03 bits per heavy atom. The molecule has 2 saturated heterocycles. The zero-order chi connectivity index (χ0) is 22.2. The molecule has 7 nitrogen and oxygen atoms in total. The van der Waals surface area contributed by atoms with Crippen LogP contribution in [-0.2, 0) is 23.9 Å². The Labute approximate surface area is 186 Å². The van der Waals surface area contributed by atoms with Crippen LogP contribution in [0.15, 0.2) is 36.4 Å². The Kier molecular flexibility index (Phi) is 6.08. The highest BCUT2D eigenvalue weighted by Gasteiger charge is 2.73. The van der Waals surface area contributed by atoms with Crippen LogP contribution in [-0.4, -0.2) is 48.7 Å². The summed E-state index contributed by atoms with van der Waals surface area (Å²) in [6.45, 7) is 4.51. The summed E-state index contributed by atoms with van der Waals surface area (Å²) in [6, 6.07) is 5.92. The summed E-state index contributed by atoms with van der Waals surface area (Å²) in [6.07, 6.45) is 5.81. The van der Waals surface area contributed by atoms with Crippen LogP contribution in [0.3, 0.4) is 0 Å². The molecule has 5 atom stereocenters. The Morgan fingerprint density at radius 1 is 1.26 bits per heavy atom. The second-order valence-corrected chi connectivity index (χ2v) is 8.52. The molecular formula is C23H27ClN2O5. The molecule has 1 aromatic rings. The van der Waals surface area contributed by atoms with Crippen molar-refractivity contribution in [3.63, 3.8) is 0 Å². The Bertz CT molecular complexity index is 919. The van der Waals surface area contributed by atoms with E-state index in [1.807, 2.05) is 0 Å². The molecule has 3 aliphatic rings.